The van der Waals surface area contributed by atoms with Crippen LogP contribution in [0, 0.1) is 6.92 Å². The van der Waals surface area contributed by atoms with Gasteiger partial charge in [-0.2, -0.15) is 0 Å². The summed E-state index contributed by atoms with van der Waals surface area (Å²) >= 11 is 1.59. The summed E-state index contributed by atoms with van der Waals surface area (Å²) in [5, 5.41) is 14.8. The zero-order chi connectivity index (χ0) is 17.4. The van der Waals surface area contributed by atoms with Crippen LogP contribution in [0.3, 0.4) is 0 Å². The summed E-state index contributed by atoms with van der Waals surface area (Å²) in [5.41, 5.74) is 1.71. The number of rotatable bonds is 8. The molecule has 6 heteroatoms. The molecule has 0 spiro atoms. The molecule has 0 aliphatic carbocycles. The zero-order valence-electron chi connectivity index (χ0n) is 13.9. The van der Waals surface area contributed by atoms with E-state index in [9.17, 15) is 4.79 Å². The van der Waals surface area contributed by atoms with Crippen molar-refractivity contribution in [1.82, 2.24) is 10.3 Å². The quantitative estimate of drug-likeness (QED) is 0.721. The van der Waals surface area contributed by atoms with E-state index in [0.29, 0.717) is 18.8 Å². The second-order valence-corrected chi connectivity index (χ2v) is 6.38. The van der Waals surface area contributed by atoms with E-state index in [1.807, 2.05) is 43.5 Å². The maximum Gasteiger partial charge on any atom is 0.244 e. The predicted octanol–water partition coefficient (Wildman–Crippen LogP) is 2.93. The minimum atomic E-state index is -0.235. The maximum absolute atomic E-state index is 11.9. The number of amides is 1. The summed E-state index contributed by atoms with van der Waals surface area (Å²) in [7, 11) is 0. The van der Waals surface area contributed by atoms with E-state index in [1.54, 1.807) is 17.4 Å². The first-order chi connectivity index (χ1) is 11.6. The lowest BCUT2D eigenvalue weighted by Gasteiger charge is -2.12. The van der Waals surface area contributed by atoms with Crippen LogP contribution in [0.2, 0.25) is 0 Å². The van der Waals surface area contributed by atoms with E-state index in [1.165, 1.54) is 6.08 Å². The summed E-state index contributed by atoms with van der Waals surface area (Å²) in [5.74, 6) is 0.460. The number of nitrogens with zero attached hydrogens (tertiary/aromatic N) is 1. The van der Waals surface area contributed by atoms with Crippen molar-refractivity contribution in [2.75, 3.05) is 6.61 Å². The van der Waals surface area contributed by atoms with Crippen molar-refractivity contribution in [3.05, 3.63) is 52.0 Å². The summed E-state index contributed by atoms with van der Waals surface area (Å²) in [6, 6.07) is 7.30. The number of hydrogen-bond donors (Lipinski definition) is 2. The van der Waals surface area contributed by atoms with Gasteiger partial charge in [0.05, 0.1) is 23.4 Å². The molecule has 0 saturated carbocycles. The van der Waals surface area contributed by atoms with E-state index < -0.39 is 0 Å². The van der Waals surface area contributed by atoms with Gasteiger partial charge in [-0.1, -0.05) is 25.1 Å². The lowest BCUT2D eigenvalue weighted by atomic mass is 10.2. The first-order valence-corrected chi connectivity index (χ1v) is 8.72. The Hall–Kier alpha value is -2.18. The van der Waals surface area contributed by atoms with Crippen LogP contribution in [0.1, 0.15) is 29.6 Å². The third-order valence-electron chi connectivity index (χ3n) is 3.43. The molecule has 1 unspecified atom stereocenters. The molecule has 0 bridgehead atoms. The molecule has 2 rings (SSSR count). The topological polar surface area (TPSA) is 71.5 Å². The number of benzene rings is 1. The van der Waals surface area contributed by atoms with Crippen molar-refractivity contribution in [2.24, 2.45) is 0 Å². The van der Waals surface area contributed by atoms with Gasteiger partial charge in [0.1, 0.15) is 12.4 Å². The Morgan fingerprint density at radius 3 is 2.92 bits per heavy atom. The van der Waals surface area contributed by atoms with Crippen LogP contribution in [-0.2, 0) is 11.4 Å². The number of carbonyl (C=O) groups is 1. The van der Waals surface area contributed by atoms with E-state index in [2.05, 4.69) is 10.3 Å². The fourth-order valence-electron chi connectivity index (χ4n) is 2.07. The van der Waals surface area contributed by atoms with Gasteiger partial charge in [0.25, 0.3) is 0 Å². The third kappa shape index (κ3) is 5.47. The minimum absolute atomic E-state index is 0.0666. The van der Waals surface area contributed by atoms with Gasteiger partial charge in [-0.25, -0.2) is 4.98 Å². The first-order valence-electron chi connectivity index (χ1n) is 7.84. The highest BCUT2D eigenvalue weighted by atomic mass is 32.1. The number of aromatic nitrogens is 1. The number of carbonyl (C=O) groups excluding carboxylic acids is 1. The normalized spacial score (nSPS) is 12.3. The molecule has 2 aromatic rings. The number of hydrogen-bond acceptors (Lipinski definition) is 5. The SMILES string of the molecule is CCC(CO)NC(=O)/C=C/c1ccccc1OCc1csc(C)n1. The first kappa shape index (κ1) is 18.2. The van der Waals surface area contributed by atoms with Crippen molar-refractivity contribution in [2.45, 2.75) is 32.9 Å². The molecule has 0 saturated heterocycles. The number of para-hydroxylation sites is 1. The van der Waals surface area contributed by atoms with Crippen LogP contribution < -0.4 is 10.1 Å². The lowest BCUT2D eigenvalue weighted by molar-refractivity contribution is -0.117. The van der Waals surface area contributed by atoms with Gasteiger partial charge in [0.15, 0.2) is 0 Å². The smallest absolute Gasteiger partial charge is 0.244 e. The molecular weight excluding hydrogens is 324 g/mol. The Morgan fingerprint density at radius 1 is 1.46 bits per heavy atom. The van der Waals surface area contributed by atoms with Gasteiger partial charge >= 0.3 is 0 Å². The van der Waals surface area contributed by atoms with Gasteiger partial charge in [-0.05, 0) is 25.5 Å². The minimum Gasteiger partial charge on any atom is -0.487 e. The Labute approximate surface area is 146 Å². The second-order valence-electron chi connectivity index (χ2n) is 5.31. The highest BCUT2D eigenvalue weighted by molar-refractivity contribution is 7.09. The van der Waals surface area contributed by atoms with Crippen LogP contribution in [-0.4, -0.2) is 28.6 Å². The number of aryl methyl sites for hydroxylation is 1. The lowest BCUT2D eigenvalue weighted by Crippen LogP contribution is -2.35. The molecule has 1 aromatic heterocycles. The van der Waals surface area contributed by atoms with Crippen LogP contribution in [0.5, 0.6) is 5.75 Å². The Bertz CT molecular complexity index is 693. The molecule has 2 N–H and O–H groups in total. The summed E-state index contributed by atoms with van der Waals surface area (Å²) in [6.45, 7) is 4.19. The highest BCUT2D eigenvalue weighted by Gasteiger charge is 2.07. The highest BCUT2D eigenvalue weighted by Crippen LogP contribution is 2.21. The van der Waals surface area contributed by atoms with E-state index in [0.717, 1.165) is 16.3 Å². The third-order valence-corrected chi connectivity index (χ3v) is 4.26. The van der Waals surface area contributed by atoms with Crippen LogP contribution >= 0.6 is 11.3 Å². The monoisotopic (exact) mass is 346 g/mol. The molecule has 128 valence electrons. The molecule has 0 radical (unpaired) electrons. The molecule has 5 nitrogen and oxygen atoms in total. The molecular formula is C18H22N2O3S. The number of aliphatic hydroxyl groups excluding tert-OH is 1. The summed E-state index contributed by atoms with van der Waals surface area (Å²) < 4.78 is 5.81. The van der Waals surface area contributed by atoms with Gasteiger partial charge in [0.2, 0.25) is 5.91 Å². The van der Waals surface area contributed by atoms with Crippen LogP contribution in [0.4, 0.5) is 0 Å². The van der Waals surface area contributed by atoms with Crippen LogP contribution in [0.25, 0.3) is 6.08 Å². The zero-order valence-corrected chi connectivity index (χ0v) is 14.7. The van der Waals surface area contributed by atoms with Crippen LogP contribution in [0.15, 0.2) is 35.7 Å². The molecule has 0 aliphatic rings. The molecule has 0 aliphatic heterocycles. The fraction of sp³-hybridized carbons (Fsp3) is 0.333. The van der Waals surface area contributed by atoms with Gasteiger partial charge in [-0.3, -0.25) is 4.79 Å². The molecule has 1 amide bonds. The van der Waals surface area contributed by atoms with E-state index >= 15 is 0 Å². The van der Waals surface area contributed by atoms with Crippen molar-refractivity contribution < 1.29 is 14.6 Å². The van der Waals surface area contributed by atoms with Crippen molar-refractivity contribution in [3.8, 4) is 5.75 Å². The average Bonchev–Trinajstić information content (AvgIpc) is 3.02. The molecule has 1 heterocycles. The Kier molecular flexibility index (Phi) is 6.96. The molecule has 24 heavy (non-hydrogen) atoms. The largest absolute Gasteiger partial charge is 0.487 e. The fourth-order valence-corrected chi connectivity index (χ4v) is 2.66. The van der Waals surface area contributed by atoms with Crippen molar-refractivity contribution >= 4 is 23.3 Å². The molecule has 0 fully saturated rings. The number of ether oxygens (including phenoxy) is 1. The Morgan fingerprint density at radius 2 is 2.25 bits per heavy atom. The molecule has 1 aromatic carbocycles. The summed E-state index contributed by atoms with van der Waals surface area (Å²) in [4.78, 5) is 16.2. The number of thiazole rings is 1. The number of nitrogens with one attached hydrogen (secondary N) is 1. The maximum atomic E-state index is 11.9. The van der Waals surface area contributed by atoms with E-state index in [-0.39, 0.29) is 18.6 Å². The average molecular weight is 346 g/mol. The number of aliphatic hydroxyl groups is 1. The predicted molar refractivity (Wildman–Crippen MR) is 96.0 cm³/mol. The van der Waals surface area contributed by atoms with Crippen molar-refractivity contribution in [1.29, 1.82) is 0 Å². The van der Waals surface area contributed by atoms with Crippen molar-refractivity contribution in [3.63, 3.8) is 0 Å². The molecule has 1 atom stereocenters. The van der Waals surface area contributed by atoms with E-state index in [4.69, 9.17) is 9.84 Å². The van der Waals surface area contributed by atoms with Gasteiger partial charge < -0.3 is 15.2 Å². The summed E-state index contributed by atoms with van der Waals surface area (Å²) in [6.07, 6.45) is 3.84. The standard InChI is InChI=1S/C18H22N2O3S/c1-3-15(10-21)20-18(22)9-8-14-6-4-5-7-17(14)23-11-16-12-24-13(2)19-16/h4-9,12,15,21H,3,10-11H2,1-2H3,(H,20,22)/b9-8+. The second kappa shape index (κ2) is 9.20. The van der Waals surface area contributed by atoms with Gasteiger partial charge in [0, 0.05) is 17.0 Å². The Balaban J connectivity index is 2.00. The van der Waals surface area contributed by atoms with Gasteiger partial charge in [-0.15, -0.1) is 11.3 Å².